The number of piperazine rings is 1. The van der Waals surface area contributed by atoms with Gasteiger partial charge in [-0.1, -0.05) is 12.0 Å². The monoisotopic (exact) mass is 356 g/mol. The molecule has 0 unspecified atom stereocenters. The highest BCUT2D eigenvalue weighted by Gasteiger charge is 2.24. The zero-order valence-corrected chi connectivity index (χ0v) is 15.3. The molecule has 0 aliphatic carbocycles. The van der Waals surface area contributed by atoms with Crippen LogP contribution in [0.4, 0.5) is 5.82 Å². The van der Waals surface area contributed by atoms with Crippen LogP contribution in [0.25, 0.3) is 11.2 Å². The number of anilines is 1. The van der Waals surface area contributed by atoms with Crippen LogP contribution in [0.1, 0.15) is 13.8 Å². The lowest BCUT2D eigenvalue weighted by Crippen LogP contribution is -2.44. The van der Waals surface area contributed by atoms with Crippen LogP contribution >= 0.6 is 0 Å². The summed E-state index contributed by atoms with van der Waals surface area (Å²) in [5.74, 6) is 6.55. The largest absolute Gasteiger partial charge is 0.464 e. The number of imidazole rings is 1. The normalized spacial score (nSPS) is 14.2. The van der Waals surface area contributed by atoms with Gasteiger partial charge in [-0.05, 0) is 13.8 Å². The number of ether oxygens (including phenoxy) is 1. The molecule has 8 heteroatoms. The maximum atomic E-state index is 13.0. The Morgan fingerprint density at radius 1 is 1.31 bits per heavy atom. The molecule has 0 aromatic carbocycles. The van der Waals surface area contributed by atoms with E-state index in [2.05, 4.69) is 38.6 Å². The molecule has 1 aliphatic rings. The van der Waals surface area contributed by atoms with Crippen molar-refractivity contribution in [2.45, 2.75) is 26.9 Å². The summed E-state index contributed by atoms with van der Waals surface area (Å²) in [5.41, 5.74) is 1.09. The molecule has 0 saturated carbocycles. The summed E-state index contributed by atoms with van der Waals surface area (Å²) in [6, 6.07) is 0.282. The number of allylic oxidation sites excluding steroid dienone is 1. The highest BCUT2D eigenvalue weighted by atomic mass is 16.5. The lowest BCUT2D eigenvalue weighted by molar-refractivity contribution is 0.313. The fourth-order valence-corrected chi connectivity index (χ4v) is 3.06. The van der Waals surface area contributed by atoms with E-state index in [1.807, 2.05) is 6.92 Å². The van der Waals surface area contributed by atoms with Crippen molar-refractivity contribution in [2.24, 2.45) is 0 Å². The summed E-state index contributed by atoms with van der Waals surface area (Å²) in [6.45, 7) is 11.9. The molecular weight excluding hydrogens is 332 g/mol. The van der Waals surface area contributed by atoms with Crippen LogP contribution in [0.3, 0.4) is 0 Å². The van der Waals surface area contributed by atoms with Crippen molar-refractivity contribution in [1.29, 1.82) is 0 Å². The fraction of sp³-hybridized carbons (Fsp3) is 0.500. The van der Waals surface area contributed by atoms with Crippen molar-refractivity contribution >= 4 is 17.0 Å². The average Bonchev–Trinajstić information content (AvgIpc) is 2.92. The molecule has 3 rings (SSSR count). The highest BCUT2D eigenvalue weighted by molar-refractivity contribution is 5.85. The second-order valence-corrected chi connectivity index (χ2v) is 5.87. The van der Waals surface area contributed by atoms with Crippen molar-refractivity contribution in [3.05, 3.63) is 23.1 Å². The number of hydrogen-bond acceptors (Lipinski definition) is 6. The number of aromatic nitrogens is 4. The molecule has 0 radical (unpaired) electrons. The lowest BCUT2D eigenvalue weighted by atomic mass is 10.3. The molecule has 0 atom stereocenters. The van der Waals surface area contributed by atoms with E-state index in [1.165, 1.54) is 0 Å². The fourth-order valence-electron chi connectivity index (χ4n) is 3.06. The minimum Gasteiger partial charge on any atom is -0.464 e. The van der Waals surface area contributed by atoms with Crippen molar-refractivity contribution in [1.82, 2.24) is 24.4 Å². The van der Waals surface area contributed by atoms with Crippen LogP contribution in [0, 0.1) is 11.8 Å². The molecule has 3 heterocycles. The molecule has 2 aromatic rings. The van der Waals surface area contributed by atoms with Gasteiger partial charge >= 0.3 is 11.7 Å². The first-order valence-corrected chi connectivity index (χ1v) is 8.81. The first-order chi connectivity index (χ1) is 12.7. The average molecular weight is 356 g/mol. The predicted octanol–water partition coefficient (Wildman–Crippen LogP) is 0.611. The third-order valence-corrected chi connectivity index (χ3v) is 4.23. The molecule has 1 fully saturated rings. The summed E-state index contributed by atoms with van der Waals surface area (Å²) >= 11 is 0. The topological polar surface area (TPSA) is 77.2 Å². The Balaban J connectivity index is 2.29. The first kappa shape index (κ1) is 18.0. The third-order valence-electron chi connectivity index (χ3n) is 4.23. The van der Waals surface area contributed by atoms with Gasteiger partial charge in [0.1, 0.15) is 5.52 Å². The van der Waals surface area contributed by atoms with Gasteiger partial charge in [0.05, 0.1) is 13.2 Å². The minimum absolute atomic E-state index is 0.165. The standard InChI is InChI=1S/C18H24N6O2/c1-4-7-11-23-14-15(22-12-8-19-9-13-22)20-17(26-6-3)21-16(14)24(10-5-2)18(23)25/h5,19H,2,6,8-13H2,1,3H3. The molecule has 0 bridgehead atoms. The van der Waals surface area contributed by atoms with Crippen LogP contribution in [-0.4, -0.2) is 51.9 Å². The highest BCUT2D eigenvalue weighted by Crippen LogP contribution is 2.26. The Hall–Kier alpha value is -2.79. The van der Waals surface area contributed by atoms with E-state index < -0.39 is 0 Å². The van der Waals surface area contributed by atoms with E-state index in [1.54, 1.807) is 22.1 Å². The van der Waals surface area contributed by atoms with Gasteiger partial charge < -0.3 is 15.0 Å². The molecule has 26 heavy (non-hydrogen) atoms. The summed E-state index contributed by atoms with van der Waals surface area (Å²) in [5, 5.41) is 3.33. The summed E-state index contributed by atoms with van der Waals surface area (Å²) in [6.07, 6.45) is 1.68. The van der Waals surface area contributed by atoms with E-state index in [0.717, 1.165) is 32.0 Å². The van der Waals surface area contributed by atoms with Crippen molar-refractivity contribution in [3.8, 4) is 17.9 Å². The third kappa shape index (κ3) is 3.30. The Bertz CT molecular complexity index is 912. The smallest absolute Gasteiger partial charge is 0.331 e. The number of nitrogens with one attached hydrogen (secondary N) is 1. The van der Waals surface area contributed by atoms with E-state index in [9.17, 15) is 4.79 Å². The Morgan fingerprint density at radius 2 is 2.08 bits per heavy atom. The zero-order chi connectivity index (χ0) is 18.5. The maximum Gasteiger partial charge on any atom is 0.331 e. The number of rotatable bonds is 6. The molecule has 1 aliphatic heterocycles. The van der Waals surface area contributed by atoms with E-state index in [4.69, 9.17) is 4.74 Å². The molecule has 1 saturated heterocycles. The molecule has 0 amide bonds. The summed E-state index contributed by atoms with van der Waals surface area (Å²) in [4.78, 5) is 24.2. The van der Waals surface area contributed by atoms with Gasteiger partial charge in [0.25, 0.3) is 0 Å². The molecule has 8 nitrogen and oxygen atoms in total. The quantitative estimate of drug-likeness (QED) is 0.604. The second kappa shape index (κ2) is 8.06. The Labute approximate surface area is 152 Å². The van der Waals surface area contributed by atoms with Crippen molar-refractivity contribution in [2.75, 3.05) is 37.7 Å². The Morgan fingerprint density at radius 3 is 2.73 bits per heavy atom. The van der Waals surface area contributed by atoms with Gasteiger partial charge in [0.2, 0.25) is 0 Å². The molecular formula is C18H24N6O2. The molecule has 0 spiro atoms. The molecule has 1 N–H and O–H groups in total. The minimum atomic E-state index is -0.165. The van der Waals surface area contributed by atoms with Crippen LogP contribution in [0.5, 0.6) is 6.01 Å². The van der Waals surface area contributed by atoms with Crippen LogP contribution < -0.4 is 20.6 Å². The second-order valence-electron chi connectivity index (χ2n) is 5.87. The van der Waals surface area contributed by atoms with Gasteiger partial charge in [-0.25, -0.2) is 4.79 Å². The SMILES string of the molecule is C=CCn1c(=O)n(CC#CC)c2c(N3CCNCC3)nc(OCC)nc21. The van der Waals surface area contributed by atoms with Gasteiger partial charge in [-0.15, -0.1) is 12.5 Å². The van der Waals surface area contributed by atoms with E-state index >= 15 is 0 Å². The number of fused-ring (bicyclic) bond motifs is 1. The van der Waals surface area contributed by atoms with Crippen molar-refractivity contribution < 1.29 is 4.74 Å². The van der Waals surface area contributed by atoms with E-state index in [-0.39, 0.29) is 11.7 Å². The maximum absolute atomic E-state index is 13.0. The lowest BCUT2D eigenvalue weighted by Gasteiger charge is -2.29. The van der Waals surface area contributed by atoms with Gasteiger partial charge in [-0.2, -0.15) is 9.97 Å². The van der Waals surface area contributed by atoms with Crippen LogP contribution in [0.2, 0.25) is 0 Å². The first-order valence-electron chi connectivity index (χ1n) is 8.81. The zero-order valence-electron chi connectivity index (χ0n) is 15.3. The molecule has 2 aromatic heterocycles. The summed E-state index contributed by atoms with van der Waals surface area (Å²) < 4.78 is 8.80. The van der Waals surface area contributed by atoms with E-state index in [0.29, 0.717) is 30.9 Å². The molecule has 138 valence electrons. The predicted molar refractivity (Wildman–Crippen MR) is 102 cm³/mol. The number of hydrogen-bond donors (Lipinski definition) is 1. The summed E-state index contributed by atoms with van der Waals surface area (Å²) in [7, 11) is 0. The van der Waals surface area contributed by atoms with Crippen LogP contribution in [0.15, 0.2) is 17.4 Å². The van der Waals surface area contributed by atoms with Gasteiger partial charge in [0, 0.05) is 32.7 Å². The van der Waals surface area contributed by atoms with Crippen LogP contribution in [-0.2, 0) is 13.1 Å². The Kier molecular flexibility index (Phi) is 5.58. The van der Waals surface area contributed by atoms with Gasteiger partial charge in [0.15, 0.2) is 11.5 Å². The number of nitrogens with zero attached hydrogens (tertiary/aromatic N) is 5. The van der Waals surface area contributed by atoms with Gasteiger partial charge in [-0.3, -0.25) is 9.13 Å². The van der Waals surface area contributed by atoms with Crippen molar-refractivity contribution in [3.63, 3.8) is 0 Å².